The van der Waals surface area contributed by atoms with Gasteiger partial charge in [-0.2, -0.15) is 0 Å². The highest BCUT2D eigenvalue weighted by atomic mass is 35.5. The molecule has 9 heteroatoms. The van der Waals surface area contributed by atoms with E-state index in [1.54, 1.807) is 60.7 Å². The quantitative estimate of drug-likeness (QED) is 0.273. The number of anilines is 2. The van der Waals surface area contributed by atoms with E-state index in [1.807, 2.05) is 19.9 Å². The van der Waals surface area contributed by atoms with Crippen molar-refractivity contribution in [3.63, 3.8) is 0 Å². The van der Waals surface area contributed by atoms with Gasteiger partial charge >= 0.3 is 0 Å². The molecular formula is C34H28Cl2N2O5. The third kappa shape index (κ3) is 4.16. The molecule has 6 unspecified atom stereocenters. The van der Waals surface area contributed by atoms with Gasteiger partial charge in [-0.1, -0.05) is 59.1 Å². The Hall–Kier alpha value is -3.94. The van der Waals surface area contributed by atoms with Crippen LogP contribution in [-0.2, 0) is 19.2 Å². The number of nitrogens with zero attached hydrogens (tertiary/aromatic N) is 2. The molecule has 2 heterocycles. The van der Waals surface area contributed by atoms with Crippen molar-refractivity contribution in [2.24, 2.45) is 29.6 Å². The van der Waals surface area contributed by atoms with E-state index in [0.717, 1.165) is 22.3 Å². The van der Waals surface area contributed by atoms with Crippen LogP contribution in [0.2, 0.25) is 10.0 Å². The van der Waals surface area contributed by atoms with Gasteiger partial charge in [0.2, 0.25) is 23.6 Å². The average Bonchev–Trinajstić information content (AvgIpc) is 3.39. The fourth-order valence-electron chi connectivity index (χ4n) is 7.60. The molecule has 6 atom stereocenters. The van der Waals surface area contributed by atoms with E-state index < -0.39 is 35.5 Å². The number of halogens is 2. The van der Waals surface area contributed by atoms with Gasteiger partial charge in [0, 0.05) is 16.0 Å². The molecule has 218 valence electrons. The van der Waals surface area contributed by atoms with Gasteiger partial charge < -0.3 is 5.11 Å². The number of hydrogen-bond acceptors (Lipinski definition) is 5. The minimum atomic E-state index is -0.699. The summed E-state index contributed by atoms with van der Waals surface area (Å²) in [6.07, 6.45) is 2.62. The highest BCUT2D eigenvalue weighted by Gasteiger charge is 2.62. The van der Waals surface area contributed by atoms with Gasteiger partial charge in [-0.05, 0) is 85.7 Å². The fraction of sp³-hybridized carbons (Fsp3) is 0.294. The van der Waals surface area contributed by atoms with Crippen LogP contribution in [-0.4, -0.2) is 28.7 Å². The number of aromatic hydroxyl groups is 1. The molecule has 3 fully saturated rings. The van der Waals surface area contributed by atoms with Crippen molar-refractivity contribution in [2.75, 3.05) is 9.80 Å². The number of imide groups is 2. The maximum absolute atomic E-state index is 14.2. The second-order valence-electron chi connectivity index (χ2n) is 12.0. The van der Waals surface area contributed by atoms with Crippen molar-refractivity contribution in [3.8, 4) is 5.75 Å². The Labute approximate surface area is 258 Å². The normalized spacial score (nSPS) is 28.1. The first kappa shape index (κ1) is 27.9. The zero-order chi connectivity index (χ0) is 30.3. The second-order valence-corrected chi connectivity index (χ2v) is 12.8. The number of benzene rings is 3. The maximum Gasteiger partial charge on any atom is 0.238 e. The molecule has 2 aliphatic heterocycles. The molecule has 0 bridgehead atoms. The Morgan fingerprint density at radius 1 is 0.674 bits per heavy atom. The predicted molar refractivity (Wildman–Crippen MR) is 163 cm³/mol. The summed E-state index contributed by atoms with van der Waals surface area (Å²) >= 11 is 12.8. The molecule has 1 N–H and O–H groups in total. The summed E-state index contributed by atoms with van der Waals surface area (Å²) in [5, 5.41) is 10.9. The molecule has 7 nitrogen and oxygen atoms in total. The molecule has 1 saturated carbocycles. The minimum Gasteiger partial charge on any atom is -0.508 e. The predicted octanol–water partition coefficient (Wildman–Crippen LogP) is 6.36. The highest BCUT2D eigenvalue weighted by Crippen LogP contribution is 2.58. The Bertz CT molecular complexity index is 1770. The molecule has 4 aliphatic rings. The number of rotatable bonds is 3. The molecule has 2 saturated heterocycles. The number of amides is 4. The van der Waals surface area contributed by atoms with Crippen LogP contribution in [0.4, 0.5) is 11.4 Å². The Morgan fingerprint density at radius 2 is 1.21 bits per heavy atom. The number of aryl methyl sites for hydroxylation is 2. The summed E-state index contributed by atoms with van der Waals surface area (Å²) in [6.45, 7) is 3.70. The van der Waals surface area contributed by atoms with Crippen LogP contribution in [0, 0.1) is 43.4 Å². The first-order chi connectivity index (χ1) is 20.6. The van der Waals surface area contributed by atoms with Crippen LogP contribution in [0.25, 0.3) is 0 Å². The molecular weight excluding hydrogens is 587 g/mol. The second kappa shape index (κ2) is 10.1. The highest BCUT2D eigenvalue weighted by molar-refractivity contribution is 6.33. The SMILES string of the molecule is Cc1ccc(N2C(=O)C3CC=C4C(CC5C(=O)N(c6ccc(C)c(Cl)c6)C(=O)C5C4c4ccc(O)cc4)C3C2=O)cc1Cl. The summed E-state index contributed by atoms with van der Waals surface area (Å²) in [5.74, 6) is -4.72. The summed E-state index contributed by atoms with van der Waals surface area (Å²) in [5.41, 5.74) is 4.17. The third-order valence-electron chi connectivity index (χ3n) is 9.73. The maximum atomic E-state index is 14.2. The zero-order valence-electron chi connectivity index (χ0n) is 23.5. The van der Waals surface area contributed by atoms with E-state index in [0.29, 0.717) is 27.8 Å². The fourth-order valence-corrected chi connectivity index (χ4v) is 7.95. The van der Waals surface area contributed by atoms with Crippen molar-refractivity contribution in [1.29, 1.82) is 0 Å². The van der Waals surface area contributed by atoms with Crippen LogP contribution in [0.1, 0.15) is 35.4 Å². The topological polar surface area (TPSA) is 95.0 Å². The monoisotopic (exact) mass is 614 g/mol. The number of phenolic OH excluding ortho intramolecular Hbond substituents is 1. The summed E-state index contributed by atoms with van der Waals surface area (Å²) in [7, 11) is 0. The Balaban J connectivity index is 1.32. The summed E-state index contributed by atoms with van der Waals surface area (Å²) < 4.78 is 0. The lowest BCUT2D eigenvalue weighted by Gasteiger charge is -2.44. The average molecular weight is 616 g/mol. The smallest absolute Gasteiger partial charge is 0.238 e. The standard InChI is InChI=1S/C34H28Cl2N2O5/c1-16-3-7-19(13-26(16)35)37-31(40)23-12-11-22-24(29(23)33(37)42)15-25-30(28(22)18-5-9-21(39)10-6-18)34(43)38(32(25)41)20-8-4-17(2)27(36)14-20/h3-11,13-14,23-25,28-30,39H,12,15H2,1-2H3. The largest absolute Gasteiger partial charge is 0.508 e. The van der Waals surface area contributed by atoms with E-state index in [9.17, 15) is 24.3 Å². The van der Waals surface area contributed by atoms with E-state index in [-0.39, 0.29) is 35.8 Å². The lowest BCUT2D eigenvalue weighted by Crippen LogP contribution is -2.43. The van der Waals surface area contributed by atoms with E-state index in [1.165, 1.54) is 9.80 Å². The van der Waals surface area contributed by atoms with Gasteiger partial charge in [-0.15, -0.1) is 0 Å². The van der Waals surface area contributed by atoms with Crippen molar-refractivity contribution >= 4 is 58.2 Å². The summed E-state index contributed by atoms with van der Waals surface area (Å²) in [6, 6.07) is 16.9. The van der Waals surface area contributed by atoms with Gasteiger partial charge in [0.15, 0.2) is 0 Å². The van der Waals surface area contributed by atoms with Crippen LogP contribution in [0.5, 0.6) is 5.75 Å². The summed E-state index contributed by atoms with van der Waals surface area (Å²) in [4.78, 5) is 58.5. The number of hydrogen-bond donors (Lipinski definition) is 1. The zero-order valence-corrected chi connectivity index (χ0v) is 25.0. The molecule has 0 aromatic heterocycles. The van der Waals surface area contributed by atoms with Gasteiger partial charge in [-0.3, -0.25) is 19.2 Å². The van der Waals surface area contributed by atoms with Crippen molar-refractivity contribution < 1.29 is 24.3 Å². The first-order valence-electron chi connectivity index (χ1n) is 14.3. The molecule has 3 aromatic carbocycles. The lowest BCUT2D eigenvalue weighted by atomic mass is 9.57. The van der Waals surface area contributed by atoms with Gasteiger partial charge in [0.05, 0.1) is 35.0 Å². The lowest BCUT2D eigenvalue weighted by molar-refractivity contribution is -0.126. The number of fused-ring (bicyclic) bond motifs is 4. The minimum absolute atomic E-state index is 0.0825. The Kier molecular flexibility index (Phi) is 6.52. The molecule has 7 rings (SSSR count). The van der Waals surface area contributed by atoms with E-state index in [2.05, 4.69) is 0 Å². The number of carbonyl (C=O) groups is 4. The Morgan fingerprint density at radius 3 is 1.77 bits per heavy atom. The number of carbonyl (C=O) groups excluding carboxylic acids is 4. The molecule has 0 radical (unpaired) electrons. The molecule has 2 aliphatic carbocycles. The van der Waals surface area contributed by atoms with Gasteiger partial charge in [-0.25, -0.2) is 9.80 Å². The van der Waals surface area contributed by atoms with E-state index >= 15 is 0 Å². The van der Waals surface area contributed by atoms with Crippen molar-refractivity contribution in [3.05, 3.63) is 99.0 Å². The van der Waals surface area contributed by atoms with Crippen LogP contribution >= 0.6 is 23.2 Å². The van der Waals surface area contributed by atoms with Crippen molar-refractivity contribution in [1.82, 2.24) is 0 Å². The van der Waals surface area contributed by atoms with Crippen LogP contribution in [0.15, 0.2) is 72.3 Å². The first-order valence-corrected chi connectivity index (χ1v) is 15.1. The van der Waals surface area contributed by atoms with Crippen LogP contribution < -0.4 is 9.80 Å². The van der Waals surface area contributed by atoms with Gasteiger partial charge in [0.1, 0.15) is 5.75 Å². The third-order valence-corrected chi connectivity index (χ3v) is 10.5. The molecule has 0 spiro atoms. The number of allylic oxidation sites excluding steroid dienone is 2. The van der Waals surface area contributed by atoms with E-state index in [4.69, 9.17) is 23.2 Å². The van der Waals surface area contributed by atoms with Crippen molar-refractivity contribution in [2.45, 2.75) is 32.6 Å². The number of phenols is 1. The van der Waals surface area contributed by atoms with Crippen LogP contribution in [0.3, 0.4) is 0 Å². The molecule has 43 heavy (non-hydrogen) atoms. The van der Waals surface area contributed by atoms with Gasteiger partial charge in [0.25, 0.3) is 0 Å². The molecule has 3 aromatic rings. The molecule has 4 amide bonds.